The molecule has 1 nitrogen and oxygen atoms in total. The molecule has 0 unspecified atom stereocenters. The van der Waals surface area contributed by atoms with Crippen LogP contribution in [0.4, 0.5) is 17.1 Å². The normalized spacial score (nSPS) is 13.2. The maximum Gasteiger partial charge on any atom is 0.0468 e. The highest BCUT2D eigenvalue weighted by atomic mass is 32.1. The average Bonchev–Trinajstić information content (AvgIpc) is 4.05. The van der Waals surface area contributed by atoms with Gasteiger partial charge in [0.15, 0.2) is 0 Å². The van der Waals surface area contributed by atoms with Crippen LogP contribution in [0.2, 0.25) is 0 Å². The van der Waals surface area contributed by atoms with Crippen LogP contribution >= 0.6 is 34.0 Å². The molecule has 0 atom stereocenters. The summed E-state index contributed by atoms with van der Waals surface area (Å²) in [5.74, 6) is 0. The van der Waals surface area contributed by atoms with E-state index in [1.54, 1.807) is 0 Å². The first-order valence-corrected chi connectivity index (χ1v) is 23.4. The Hall–Kier alpha value is -6.56. The zero-order valence-electron chi connectivity index (χ0n) is 33.6. The number of anilines is 3. The molecule has 4 heteroatoms. The number of hydrogen-bond acceptors (Lipinski definition) is 4. The summed E-state index contributed by atoms with van der Waals surface area (Å²) in [6.45, 7) is 4.78. The molecule has 288 valence electrons. The summed E-state index contributed by atoms with van der Waals surface area (Å²) < 4.78 is 8.06. The molecule has 0 spiro atoms. The van der Waals surface area contributed by atoms with Crippen LogP contribution in [0.5, 0.6) is 0 Å². The summed E-state index contributed by atoms with van der Waals surface area (Å²) in [5.41, 5.74) is 13.8. The Morgan fingerprint density at radius 2 is 0.770 bits per heavy atom. The first kappa shape index (κ1) is 35.2. The summed E-state index contributed by atoms with van der Waals surface area (Å²) in [7, 11) is 0. The molecule has 1 aliphatic rings. The minimum atomic E-state index is -0.108. The van der Waals surface area contributed by atoms with Crippen LogP contribution in [0.3, 0.4) is 0 Å². The molecule has 0 bridgehead atoms. The second-order valence-corrected chi connectivity index (χ2v) is 20.0. The molecule has 61 heavy (non-hydrogen) atoms. The molecule has 0 saturated heterocycles. The van der Waals surface area contributed by atoms with Crippen molar-refractivity contribution in [1.82, 2.24) is 0 Å². The van der Waals surface area contributed by atoms with Gasteiger partial charge in [-0.15, -0.1) is 34.0 Å². The minimum Gasteiger partial charge on any atom is -0.310 e. The van der Waals surface area contributed by atoms with E-state index < -0.39 is 0 Å². The van der Waals surface area contributed by atoms with Crippen LogP contribution in [0.1, 0.15) is 25.0 Å². The maximum atomic E-state index is 2.46. The molecule has 0 saturated carbocycles. The number of thiophene rings is 3. The van der Waals surface area contributed by atoms with Crippen molar-refractivity contribution in [3.63, 3.8) is 0 Å². The first-order chi connectivity index (χ1) is 30.0. The van der Waals surface area contributed by atoms with Gasteiger partial charge in [-0.3, -0.25) is 0 Å². The number of benzene rings is 9. The molecule has 0 radical (unpaired) electrons. The van der Waals surface area contributed by atoms with Gasteiger partial charge in [0.1, 0.15) is 0 Å². The van der Waals surface area contributed by atoms with E-state index >= 15 is 0 Å². The lowest BCUT2D eigenvalue weighted by atomic mass is 9.82. The van der Waals surface area contributed by atoms with Crippen LogP contribution in [-0.4, -0.2) is 0 Å². The number of rotatable bonds is 5. The van der Waals surface area contributed by atoms with Crippen molar-refractivity contribution in [1.29, 1.82) is 0 Å². The number of nitrogens with zero attached hydrogens (tertiary/aromatic N) is 1. The molecule has 0 aliphatic heterocycles. The van der Waals surface area contributed by atoms with Gasteiger partial charge in [-0.25, -0.2) is 0 Å². The fourth-order valence-electron chi connectivity index (χ4n) is 10.1. The Kier molecular flexibility index (Phi) is 7.63. The number of hydrogen-bond donors (Lipinski definition) is 0. The molecular weight excluding hydrogens is 795 g/mol. The average molecular weight is 832 g/mol. The third-order valence-electron chi connectivity index (χ3n) is 13.1. The van der Waals surface area contributed by atoms with Crippen LogP contribution in [-0.2, 0) is 5.41 Å². The molecule has 0 fully saturated rings. The fraction of sp³-hybridized carbons (Fsp3) is 0.0526. The lowest BCUT2D eigenvalue weighted by Crippen LogP contribution is -2.15. The van der Waals surface area contributed by atoms with Gasteiger partial charge in [0.2, 0.25) is 0 Å². The van der Waals surface area contributed by atoms with Gasteiger partial charge in [0, 0.05) is 88.6 Å². The van der Waals surface area contributed by atoms with E-state index in [0.717, 1.165) is 17.1 Å². The largest absolute Gasteiger partial charge is 0.310 e. The van der Waals surface area contributed by atoms with Crippen molar-refractivity contribution in [3.8, 4) is 33.4 Å². The summed E-state index contributed by atoms with van der Waals surface area (Å²) in [4.78, 5) is 2.45. The SMILES string of the molecule is CC1(C)c2ccc(N(c3ccc(-c4cccc5c4sc4ccccc45)cc3)c3ccc(-c4cccc5c4sc4ccccc45)cc3)cc2-c2c1ccc1c2sc2ccccc21. The van der Waals surface area contributed by atoms with Gasteiger partial charge in [-0.2, -0.15) is 0 Å². The van der Waals surface area contributed by atoms with Crippen molar-refractivity contribution < 1.29 is 0 Å². The summed E-state index contributed by atoms with van der Waals surface area (Å²) in [6.07, 6.45) is 0. The topological polar surface area (TPSA) is 3.24 Å². The lowest BCUT2D eigenvalue weighted by Gasteiger charge is -2.27. The lowest BCUT2D eigenvalue weighted by molar-refractivity contribution is 0.661. The molecule has 3 heterocycles. The molecule has 0 N–H and O–H groups in total. The fourth-order valence-corrected chi connectivity index (χ4v) is 13.9. The zero-order chi connectivity index (χ0) is 40.4. The van der Waals surface area contributed by atoms with Gasteiger partial charge in [-0.05, 0) is 93.5 Å². The van der Waals surface area contributed by atoms with E-state index in [-0.39, 0.29) is 5.41 Å². The quantitative estimate of drug-likeness (QED) is 0.167. The smallest absolute Gasteiger partial charge is 0.0468 e. The summed E-state index contributed by atoms with van der Waals surface area (Å²) >= 11 is 5.70. The molecular formula is C57H37NS3. The van der Waals surface area contributed by atoms with Crippen LogP contribution in [0, 0.1) is 0 Å². The molecule has 12 aromatic rings. The van der Waals surface area contributed by atoms with Gasteiger partial charge in [0.25, 0.3) is 0 Å². The van der Waals surface area contributed by atoms with Gasteiger partial charge < -0.3 is 4.90 Å². The van der Waals surface area contributed by atoms with E-state index in [9.17, 15) is 0 Å². The summed E-state index contributed by atoms with van der Waals surface area (Å²) in [6, 6.07) is 70.3. The molecule has 13 rings (SSSR count). The van der Waals surface area contributed by atoms with E-state index in [0.29, 0.717) is 0 Å². The highest BCUT2D eigenvalue weighted by Crippen LogP contribution is 2.55. The monoisotopic (exact) mass is 831 g/mol. The molecule has 3 aromatic heterocycles. The Morgan fingerprint density at radius 3 is 1.30 bits per heavy atom. The Bertz CT molecular complexity index is 3570. The molecule has 0 amide bonds. The second kappa shape index (κ2) is 13.2. The zero-order valence-corrected chi connectivity index (χ0v) is 36.0. The molecule has 9 aromatic carbocycles. The third-order valence-corrected chi connectivity index (χ3v) is 16.7. The van der Waals surface area contributed by atoms with Crippen molar-refractivity contribution >= 4 is 112 Å². The Morgan fingerprint density at radius 1 is 0.344 bits per heavy atom. The highest BCUT2D eigenvalue weighted by Gasteiger charge is 2.37. The first-order valence-electron chi connectivity index (χ1n) is 20.9. The standard InChI is InChI=1S/C57H37NS3/c1-57(2)48-31-29-38(33-47(48)53-49(57)32-30-46-43-13-5-8-20-52(43)61-56(46)53)58(36-25-21-34(22-26-36)39-14-9-16-44-41-11-3-6-18-50(41)59-54(39)44)37-27-23-35(24-28-37)40-15-10-17-45-42-12-4-7-19-51(42)60-55(40)45/h3-33H,1-2H3. The second-order valence-electron chi connectivity index (χ2n) is 16.8. The van der Waals surface area contributed by atoms with Gasteiger partial charge >= 0.3 is 0 Å². The maximum absolute atomic E-state index is 2.46. The van der Waals surface area contributed by atoms with Crippen molar-refractivity contribution in [3.05, 3.63) is 199 Å². The van der Waals surface area contributed by atoms with Gasteiger partial charge in [-0.1, -0.05) is 147 Å². The van der Waals surface area contributed by atoms with Crippen LogP contribution < -0.4 is 4.90 Å². The van der Waals surface area contributed by atoms with Crippen molar-refractivity contribution in [2.45, 2.75) is 19.3 Å². The van der Waals surface area contributed by atoms with E-state index in [4.69, 9.17) is 0 Å². The Labute approximate surface area is 366 Å². The Balaban J connectivity index is 0.973. The third kappa shape index (κ3) is 5.23. The van der Waals surface area contributed by atoms with Crippen molar-refractivity contribution in [2.75, 3.05) is 4.90 Å². The van der Waals surface area contributed by atoms with Crippen LogP contribution in [0.25, 0.3) is 93.9 Å². The van der Waals surface area contributed by atoms with Crippen molar-refractivity contribution in [2.24, 2.45) is 0 Å². The summed E-state index contributed by atoms with van der Waals surface area (Å²) in [5, 5.41) is 7.99. The van der Waals surface area contributed by atoms with Crippen LogP contribution in [0.15, 0.2) is 188 Å². The van der Waals surface area contributed by atoms with E-state index in [1.807, 2.05) is 34.0 Å². The van der Waals surface area contributed by atoms with E-state index in [1.165, 1.54) is 105 Å². The highest BCUT2D eigenvalue weighted by molar-refractivity contribution is 7.27. The molecule has 1 aliphatic carbocycles. The minimum absolute atomic E-state index is 0.108. The van der Waals surface area contributed by atoms with Gasteiger partial charge in [0.05, 0.1) is 0 Å². The predicted octanol–water partition coefficient (Wildman–Crippen LogP) is 17.9. The van der Waals surface area contributed by atoms with E-state index in [2.05, 4.69) is 207 Å². The number of fused-ring (bicyclic) bond motifs is 13. The predicted molar refractivity (Wildman–Crippen MR) is 268 cm³/mol.